The Balaban J connectivity index is 1.30. The molecule has 3 aromatic carbocycles. The van der Waals surface area contributed by atoms with Crippen LogP contribution >= 0.6 is 0 Å². The van der Waals surface area contributed by atoms with Crippen LogP contribution in [0.15, 0.2) is 84.9 Å². The third-order valence-electron chi connectivity index (χ3n) is 6.39. The fourth-order valence-corrected chi connectivity index (χ4v) is 4.55. The highest BCUT2D eigenvalue weighted by Gasteiger charge is 2.24. The summed E-state index contributed by atoms with van der Waals surface area (Å²) in [5, 5.41) is 3.64. The van der Waals surface area contributed by atoms with Crippen molar-refractivity contribution in [3.63, 3.8) is 0 Å². The van der Waals surface area contributed by atoms with Crippen molar-refractivity contribution in [1.82, 2.24) is 14.8 Å². The van der Waals surface area contributed by atoms with E-state index in [1.165, 1.54) is 12.1 Å². The normalized spacial score (nSPS) is 14.4. The van der Waals surface area contributed by atoms with Crippen molar-refractivity contribution in [1.29, 1.82) is 0 Å². The van der Waals surface area contributed by atoms with Crippen molar-refractivity contribution in [2.75, 3.05) is 38.0 Å². The average molecular weight is 483 g/mol. The van der Waals surface area contributed by atoms with E-state index in [1.807, 2.05) is 70.5 Å². The number of nitrogens with one attached hydrogen (secondary N) is 1. The minimum absolute atomic E-state index is 0.0246. The van der Waals surface area contributed by atoms with Crippen molar-refractivity contribution < 1.29 is 14.0 Å². The molecule has 1 N–H and O–H groups in total. The Labute approximate surface area is 209 Å². The van der Waals surface area contributed by atoms with Crippen molar-refractivity contribution >= 4 is 28.4 Å². The molecule has 4 aromatic rings. The van der Waals surface area contributed by atoms with Gasteiger partial charge in [0.25, 0.3) is 5.91 Å². The molecule has 0 spiro atoms. The molecule has 1 aliphatic heterocycles. The summed E-state index contributed by atoms with van der Waals surface area (Å²) in [6.45, 7) is 2.67. The number of rotatable bonds is 5. The second-order valence-electron chi connectivity index (χ2n) is 8.92. The standard InChI is InChI=1S/C29H27FN4O2/c30-22-11-13-23(14-12-22)31-28(35)20-33-15-6-16-34(18-17-33)29(36)25-19-27(21-7-2-1-3-8-21)32-26-10-5-4-9-24(25)26/h1-5,7-14,19H,6,15-18,20H2,(H,31,35). The van der Waals surface area contributed by atoms with Gasteiger partial charge in [0.1, 0.15) is 5.82 Å². The number of aromatic nitrogens is 1. The first-order valence-electron chi connectivity index (χ1n) is 12.1. The van der Waals surface area contributed by atoms with Crippen LogP contribution in [0, 0.1) is 5.82 Å². The molecule has 0 unspecified atom stereocenters. The van der Waals surface area contributed by atoms with Crippen molar-refractivity contribution in [2.45, 2.75) is 6.42 Å². The highest BCUT2D eigenvalue weighted by Crippen LogP contribution is 2.26. The van der Waals surface area contributed by atoms with Gasteiger partial charge in [0.2, 0.25) is 5.91 Å². The van der Waals surface area contributed by atoms with Crippen LogP contribution in [-0.4, -0.2) is 59.3 Å². The molecule has 36 heavy (non-hydrogen) atoms. The molecule has 0 atom stereocenters. The van der Waals surface area contributed by atoms with Crippen LogP contribution in [0.1, 0.15) is 16.8 Å². The van der Waals surface area contributed by atoms with Crippen LogP contribution < -0.4 is 5.32 Å². The van der Waals surface area contributed by atoms with E-state index in [2.05, 4.69) is 5.32 Å². The maximum Gasteiger partial charge on any atom is 0.254 e. The van der Waals surface area contributed by atoms with Gasteiger partial charge in [-0.2, -0.15) is 0 Å². The number of fused-ring (bicyclic) bond motifs is 1. The molecule has 1 aromatic heterocycles. The van der Waals surface area contributed by atoms with Crippen molar-refractivity contribution in [2.24, 2.45) is 0 Å². The molecule has 182 valence electrons. The number of carbonyl (C=O) groups excluding carboxylic acids is 2. The summed E-state index contributed by atoms with van der Waals surface area (Å²) in [6, 6.07) is 25.2. The molecule has 5 rings (SSSR count). The van der Waals surface area contributed by atoms with Gasteiger partial charge in [-0.25, -0.2) is 9.37 Å². The summed E-state index contributed by atoms with van der Waals surface area (Å²) in [6.07, 6.45) is 0.768. The zero-order valence-corrected chi connectivity index (χ0v) is 19.9. The van der Waals surface area contributed by atoms with E-state index in [0.29, 0.717) is 37.4 Å². The lowest BCUT2D eigenvalue weighted by Gasteiger charge is -2.22. The van der Waals surface area contributed by atoms with Gasteiger partial charge < -0.3 is 10.2 Å². The van der Waals surface area contributed by atoms with Gasteiger partial charge >= 0.3 is 0 Å². The minimum Gasteiger partial charge on any atom is -0.337 e. The predicted molar refractivity (Wildman–Crippen MR) is 139 cm³/mol. The number of amides is 2. The Morgan fingerprint density at radius 1 is 0.861 bits per heavy atom. The van der Waals surface area contributed by atoms with E-state index < -0.39 is 0 Å². The lowest BCUT2D eigenvalue weighted by molar-refractivity contribution is -0.117. The van der Waals surface area contributed by atoms with Gasteiger partial charge in [-0.3, -0.25) is 14.5 Å². The van der Waals surface area contributed by atoms with E-state index in [4.69, 9.17) is 4.98 Å². The molecule has 0 aliphatic carbocycles. The largest absolute Gasteiger partial charge is 0.337 e. The molecular weight excluding hydrogens is 455 g/mol. The minimum atomic E-state index is -0.344. The molecule has 0 bridgehead atoms. The number of anilines is 1. The molecular formula is C29H27FN4O2. The maximum atomic E-state index is 13.7. The molecule has 1 aliphatic rings. The number of hydrogen-bond acceptors (Lipinski definition) is 4. The zero-order chi connectivity index (χ0) is 24.9. The van der Waals surface area contributed by atoms with Crippen LogP contribution in [-0.2, 0) is 4.79 Å². The summed E-state index contributed by atoms with van der Waals surface area (Å²) in [4.78, 5) is 34.9. The Morgan fingerprint density at radius 3 is 2.42 bits per heavy atom. The first-order chi connectivity index (χ1) is 17.6. The average Bonchev–Trinajstić information content (AvgIpc) is 3.15. The number of hydrogen-bond donors (Lipinski definition) is 1. The monoisotopic (exact) mass is 482 g/mol. The molecule has 0 radical (unpaired) electrons. The summed E-state index contributed by atoms with van der Waals surface area (Å²) in [5.41, 5.74) is 3.72. The van der Waals surface area contributed by atoms with Crippen LogP contribution in [0.3, 0.4) is 0 Å². The molecule has 2 heterocycles. The van der Waals surface area contributed by atoms with Crippen molar-refractivity contribution in [3.05, 3.63) is 96.3 Å². The lowest BCUT2D eigenvalue weighted by Crippen LogP contribution is -2.38. The Hall–Kier alpha value is -4.10. The number of halogens is 1. The van der Waals surface area contributed by atoms with Gasteiger partial charge in [-0.15, -0.1) is 0 Å². The summed E-state index contributed by atoms with van der Waals surface area (Å²) in [7, 11) is 0. The van der Waals surface area contributed by atoms with Gasteiger partial charge in [0.15, 0.2) is 0 Å². The smallest absolute Gasteiger partial charge is 0.254 e. The van der Waals surface area contributed by atoms with Crippen LogP contribution in [0.25, 0.3) is 22.2 Å². The Kier molecular flexibility index (Phi) is 7.00. The second-order valence-corrected chi connectivity index (χ2v) is 8.92. The fraction of sp³-hybridized carbons (Fsp3) is 0.207. The van der Waals surface area contributed by atoms with Gasteiger partial charge in [0.05, 0.1) is 23.3 Å². The van der Waals surface area contributed by atoms with E-state index >= 15 is 0 Å². The summed E-state index contributed by atoms with van der Waals surface area (Å²) >= 11 is 0. The van der Waals surface area contributed by atoms with Crippen LogP contribution in [0.5, 0.6) is 0 Å². The third-order valence-corrected chi connectivity index (χ3v) is 6.39. The third kappa shape index (κ3) is 5.42. The topological polar surface area (TPSA) is 65.5 Å². The van der Waals surface area contributed by atoms with E-state index in [0.717, 1.165) is 28.6 Å². The fourth-order valence-electron chi connectivity index (χ4n) is 4.55. The lowest BCUT2D eigenvalue weighted by atomic mass is 10.0. The number of nitrogens with zero attached hydrogens (tertiary/aromatic N) is 3. The second kappa shape index (κ2) is 10.7. The number of carbonyl (C=O) groups is 2. The quantitative estimate of drug-likeness (QED) is 0.443. The summed E-state index contributed by atoms with van der Waals surface area (Å²) in [5.74, 6) is -0.527. The SMILES string of the molecule is O=C(CN1CCCN(C(=O)c2cc(-c3ccccc3)nc3ccccc23)CC1)Nc1ccc(F)cc1. The maximum absolute atomic E-state index is 13.7. The highest BCUT2D eigenvalue weighted by atomic mass is 19.1. The van der Waals surface area contributed by atoms with Crippen LogP contribution in [0.4, 0.5) is 10.1 Å². The number of benzene rings is 3. The molecule has 7 heteroatoms. The Bertz CT molecular complexity index is 1380. The van der Waals surface area contributed by atoms with Crippen LogP contribution in [0.2, 0.25) is 0 Å². The number of para-hydroxylation sites is 1. The van der Waals surface area contributed by atoms with Gasteiger partial charge in [0, 0.05) is 42.8 Å². The van der Waals surface area contributed by atoms with Gasteiger partial charge in [-0.1, -0.05) is 48.5 Å². The van der Waals surface area contributed by atoms with Gasteiger partial charge in [-0.05, 0) is 42.8 Å². The molecule has 2 amide bonds. The number of pyridine rings is 1. The first-order valence-corrected chi connectivity index (χ1v) is 12.1. The molecule has 1 fully saturated rings. The van der Waals surface area contributed by atoms with E-state index in [9.17, 15) is 14.0 Å². The van der Waals surface area contributed by atoms with Crippen molar-refractivity contribution in [3.8, 4) is 11.3 Å². The first kappa shape index (κ1) is 23.6. The Morgan fingerprint density at radius 2 is 1.61 bits per heavy atom. The van der Waals surface area contributed by atoms with E-state index in [1.54, 1.807) is 12.1 Å². The zero-order valence-electron chi connectivity index (χ0n) is 19.9. The highest BCUT2D eigenvalue weighted by molar-refractivity contribution is 6.07. The molecule has 1 saturated heterocycles. The summed E-state index contributed by atoms with van der Waals surface area (Å²) < 4.78 is 13.1. The molecule has 0 saturated carbocycles. The predicted octanol–water partition coefficient (Wildman–Crippen LogP) is 4.83. The molecule has 6 nitrogen and oxygen atoms in total. The van der Waals surface area contributed by atoms with E-state index in [-0.39, 0.29) is 24.2 Å².